The molecule has 0 amide bonds. The largest absolute Gasteiger partial charge is 0.299 e. The second kappa shape index (κ2) is 5.64. The third-order valence-electron chi connectivity index (χ3n) is 2.82. The second-order valence-electron chi connectivity index (χ2n) is 4.25. The molecule has 20 heavy (non-hydrogen) atoms. The SMILES string of the molecule is CCCn1c(-c2cnc(-c3ccccn3)s2)n[nH]c1=S. The summed E-state index contributed by atoms with van der Waals surface area (Å²) in [5, 5.41) is 8.04. The average molecular weight is 303 g/mol. The summed E-state index contributed by atoms with van der Waals surface area (Å²) >= 11 is 6.82. The summed E-state index contributed by atoms with van der Waals surface area (Å²) in [5.74, 6) is 0.844. The molecule has 0 spiro atoms. The first-order valence-electron chi connectivity index (χ1n) is 6.32. The van der Waals surface area contributed by atoms with Gasteiger partial charge in [0, 0.05) is 18.9 Å². The van der Waals surface area contributed by atoms with Gasteiger partial charge in [0.25, 0.3) is 0 Å². The van der Waals surface area contributed by atoms with Gasteiger partial charge in [-0.05, 0) is 30.8 Å². The van der Waals surface area contributed by atoms with Crippen LogP contribution in [0.3, 0.4) is 0 Å². The van der Waals surface area contributed by atoms with Gasteiger partial charge in [-0.2, -0.15) is 5.10 Å². The fourth-order valence-corrected chi connectivity index (χ4v) is 3.04. The Labute approximate surface area is 125 Å². The zero-order chi connectivity index (χ0) is 13.9. The first-order valence-corrected chi connectivity index (χ1v) is 7.55. The van der Waals surface area contributed by atoms with Crippen LogP contribution in [0.2, 0.25) is 0 Å². The van der Waals surface area contributed by atoms with Crippen molar-refractivity contribution in [1.29, 1.82) is 0 Å². The van der Waals surface area contributed by atoms with E-state index in [1.807, 2.05) is 29.0 Å². The van der Waals surface area contributed by atoms with E-state index in [2.05, 4.69) is 27.1 Å². The maximum absolute atomic E-state index is 5.26. The van der Waals surface area contributed by atoms with Crippen LogP contribution in [0.1, 0.15) is 13.3 Å². The first kappa shape index (κ1) is 13.1. The molecule has 0 radical (unpaired) electrons. The predicted molar refractivity (Wildman–Crippen MR) is 82.0 cm³/mol. The fourth-order valence-electron chi connectivity index (χ4n) is 1.92. The molecule has 0 fully saturated rings. The lowest BCUT2D eigenvalue weighted by atomic mass is 10.4. The summed E-state index contributed by atoms with van der Waals surface area (Å²) in [5.41, 5.74) is 0.875. The monoisotopic (exact) mass is 303 g/mol. The standard InChI is InChI=1S/C13H13N5S2/c1-2-7-18-11(16-17-13(18)19)10-8-15-12(20-10)9-5-3-4-6-14-9/h3-6,8H,2,7H2,1H3,(H,17,19). The summed E-state index contributed by atoms with van der Waals surface area (Å²) < 4.78 is 2.65. The van der Waals surface area contributed by atoms with Crippen molar-refractivity contribution < 1.29 is 0 Å². The molecule has 0 saturated heterocycles. The summed E-state index contributed by atoms with van der Waals surface area (Å²) in [6, 6.07) is 5.80. The van der Waals surface area contributed by atoms with Gasteiger partial charge < -0.3 is 0 Å². The molecule has 5 nitrogen and oxygen atoms in total. The third-order valence-corrected chi connectivity index (χ3v) is 4.14. The maximum atomic E-state index is 5.26. The molecule has 3 aromatic heterocycles. The van der Waals surface area contributed by atoms with E-state index in [0.29, 0.717) is 4.77 Å². The maximum Gasteiger partial charge on any atom is 0.195 e. The van der Waals surface area contributed by atoms with Crippen molar-refractivity contribution in [2.45, 2.75) is 19.9 Å². The third kappa shape index (κ3) is 2.41. The number of aromatic nitrogens is 5. The minimum atomic E-state index is 0.648. The molecule has 0 unspecified atom stereocenters. The van der Waals surface area contributed by atoms with Gasteiger partial charge in [-0.25, -0.2) is 4.98 Å². The van der Waals surface area contributed by atoms with Crippen LogP contribution in [0.5, 0.6) is 0 Å². The first-order chi connectivity index (χ1) is 9.79. The Morgan fingerprint density at radius 1 is 1.35 bits per heavy atom. The van der Waals surface area contributed by atoms with Crippen molar-refractivity contribution in [3.05, 3.63) is 35.4 Å². The highest BCUT2D eigenvalue weighted by Gasteiger charge is 2.13. The van der Waals surface area contributed by atoms with Gasteiger partial charge in [-0.3, -0.25) is 14.6 Å². The van der Waals surface area contributed by atoms with Crippen LogP contribution in [0.4, 0.5) is 0 Å². The molecule has 0 atom stereocenters. The predicted octanol–water partition coefficient (Wildman–Crippen LogP) is 3.54. The van der Waals surface area contributed by atoms with Crippen LogP contribution in [0, 0.1) is 4.77 Å². The molecule has 0 aromatic carbocycles. The van der Waals surface area contributed by atoms with Crippen molar-refractivity contribution in [2.24, 2.45) is 0 Å². The van der Waals surface area contributed by atoms with Gasteiger partial charge in [-0.1, -0.05) is 13.0 Å². The number of nitrogens with zero attached hydrogens (tertiary/aromatic N) is 4. The lowest BCUT2D eigenvalue weighted by Gasteiger charge is -2.01. The Morgan fingerprint density at radius 2 is 2.25 bits per heavy atom. The van der Waals surface area contributed by atoms with Gasteiger partial charge in [0.05, 0.1) is 10.6 Å². The zero-order valence-electron chi connectivity index (χ0n) is 10.9. The van der Waals surface area contributed by atoms with E-state index < -0.39 is 0 Å². The molecule has 0 aliphatic carbocycles. The Balaban J connectivity index is 2.01. The molecule has 0 bridgehead atoms. The summed E-state index contributed by atoms with van der Waals surface area (Å²) in [6.45, 7) is 2.96. The number of nitrogens with one attached hydrogen (secondary N) is 1. The summed E-state index contributed by atoms with van der Waals surface area (Å²) in [7, 11) is 0. The van der Waals surface area contributed by atoms with Crippen molar-refractivity contribution in [3.63, 3.8) is 0 Å². The van der Waals surface area contributed by atoms with Crippen LogP contribution < -0.4 is 0 Å². The van der Waals surface area contributed by atoms with Gasteiger partial charge in [0.2, 0.25) is 0 Å². The molecule has 0 aliphatic rings. The molecular formula is C13H13N5S2. The van der Waals surface area contributed by atoms with Crippen molar-refractivity contribution in [1.82, 2.24) is 24.7 Å². The van der Waals surface area contributed by atoms with E-state index in [9.17, 15) is 0 Å². The highest BCUT2D eigenvalue weighted by atomic mass is 32.1. The Bertz CT molecular complexity index is 756. The quantitative estimate of drug-likeness (QED) is 0.749. The van der Waals surface area contributed by atoms with Gasteiger partial charge >= 0.3 is 0 Å². The van der Waals surface area contributed by atoms with E-state index in [-0.39, 0.29) is 0 Å². The van der Waals surface area contributed by atoms with E-state index in [1.54, 1.807) is 17.5 Å². The second-order valence-corrected chi connectivity index (χ2v) is 5.67. The number of H-pyrrole nitrogens is 1. The molecule has 1 N–H and O–H groups in total. The van der Waals surface area contributed by atoms with Crippen molar-refractivity contribution >= 4 is 23.6 Å². The van der Waals surface area contributed by atoms with Crippen molar-refractivity contribution in [3.8, 4) is 21.4 Å². The molecule has 0 aliphatic heterocycles. The van der Waals surface area contributed by atoms with Crippen LogP contribution in [0.25, 0.3) is 21.4 Å². The number of hydrogen-bond donors (Lipinski definition) is 1. The molecule has 0 saturated carbocycles. The number of rotatable bonds is 4. The normalized spacial score (nSPS) is 10.8. The lowest BCUT2D eigenvalue weighted by molar-refractivity contribution is 0.675. The molecule has 7 heteroatoms. The molecule has 3 heterocycles. The van der Waals surface area contributed by atoms with Crippen LogP contribution in [-0.4, -0.2) is 24.7 Å². The Morgan fingerprint density at radius 3 is 3.00 bits per heavy atom. The van der Waals surface area contributed by atoms with E-state index in [4.69, 9.17) is 12.2 Å². The van der Waals surface area contributed by atoms with Crippen molar-refractivity contribution in [2.75, 3.05) is 0 Å². The highest BCUT2D eigenvalue weighted by molar-refractivity contribution is 7.71. The Kier molecular flexibility index (Phi) is 3.70. The van der Waals surface area contributed by atoms with E-state index in [0.717, 1.165) is 34.4 Å². The fraction of sp³-hybridized carbons (Fsp3) is 0.231. The topological polar surface area (TPSA) is 59.4 Å². The van der Waals surface area contributed by atoms with Gasteiger partial charge in [0.1, 0.15) is 5.01 Å². The van der Waals surface area contributed by atoms with E-state index >= 15 is 0 Å². The molecular weight excluding hydrogens is 290 g/mol. The zero-order valence-corrected chi connectivity index (χ0v) is 12.5. The highest BCUT2D eigenvalue weighted by Crippen LogP contribution is 2.30. The summed E-state index contributed by atoms with van der Waals surface area (Å²) in [6.07, 6.45) is 4.60. The minimum absolute atomic E-state index is 0.648. The van der Waals surface area contributed by atoms with E-state index in [1.165, 1.54) is 0 Å². The Hall–Kier alpha value is -1.86. The smallest absolute Gasteiger partial charge is 0.195 e. The number of thiazole rings is 1. The van der Waals surface area contributed by atoms with Gasteiger partial charge in [-0.15, -0.1) is 11.3 Å². The molecule has 102 valence electrons. The number of hydrogen-bond acceptors (Lipinski definition) is 5. The molecule has 3 aromatic rings. The number of pyridine rings is 1. The van der Waals surface area contributed by atoms with Crippen LogP contribution in [0.15, 0.2) is 30.6 Å². The molecule has 3 rings (SSSR count). The van der Waals surface area contributed by atoms with Crippen LogP contribution in [-0.2, 0) is 6.54 Å². The lowest BCUT2D eigenvalue weighted by Crippen LogP contribution is -1.98. The summed E-state index contributed by atoms with van der Waals surface area (Å²) in [4.78, 5) is 9.73. The average Bonchev–Trinajstić information content (AvgIpc) is 3.08. The minimum Gasteiger partial charge on any atom is -0.299 e. The number of aromatic amines is 1. The van der Waals surface area contributed by atoms with Gasteiger partial charge in [0.15, 0.2) is 10.6 Å². The van der Waals surface area contributed by atoms with Crippen LogP contribution >= 0.6 is 23.6 Å².